The van der Waals surface area contributed by atoms with Crippen LogP contribution in [0.25, 0.3) is 5.57 Å². The number of benzene rings is 2. The van der Waals surface area contributed by atoms with Crippen molar-refractivity contribution in [1.29, 1.82) is 0 Å². The number of imide groups is 1. The fourth-order valence-corrected chi connectivity index (χ4v) is 2.53. The molecule has 1 N–H and O–H groups in total. The van der Waals surface area contributed by atoms with E-state index in [0.29, 0.717) is 11.3 Å². The highest BCUT2D eigenvalue weighted by Crippen LogP contribution is 2.29. The molecule has 2 amide bonds. The monoisotopic (exact) mass is 292 g/mol. The molecule has 0 atom stereocenters. The van der Waals surface area contributed by atoms with Gasteiger partial charge in [-0.05, 0) is 24.6 Å². The normalized spacial score (nSPS) is 14.3. The van der Waals surface area contributed by atoms with Gasteiger partial charge >= 0.3 is 0 Å². The molecule has 2 aromatic carbocycles. The number of amides is 2. The van der Waals surface area contributed by atoms with E-state index in [4.69, 9.17) is 0 Å². The van der Waals surface area contributed by atoms with Crippen molar-refractivity contribution in [2.45, 2.75) is 6.92 Å². The molecule has 4 nitrogen and oxygen atoms in total. The van der Waals surface area contributed by atoms with Crippen molar-refractivity contribution in [3.05, 3.63) is 71.4 Å². The van der Waals surface area contributed by atoms with Gasteiger partial charge in [-0.15, -0.1) is 0 Å². The summed E-state index contributed by atoms with van der Waals surface area (Å²) in [5, 5.41) is 2.39. The van der Waals surface area contributed by atoms with Crippen LogP contribution in [0.4, 0.5) is 5.69 Å². The Bertz CT molecular complexity index is 761. The van der Waals surface area contributed by atoms with Crippen molar-refractivity contribution in [2.24, 2.45) is 0 Å². The molecule has 3 rings (SSSR count). The maximum Gasteiger partial charge on any atom is 0.275 e. The predicted molar refractivity (Wildman–Crippen MR) is 86.1 cm³/mol. The number of hydrogen-bond acceptors (Lipinski definition) is 3. The van der Waals surface area contributed by atoms with Gasteiger partial charge in [0.1, 0.15) is 5.70 Å². The van der Waals surface area contributed by atoms with Gasteiger partial charge in [-0.25, -0.2) is 0 Å². The lowest BCUT2D eigenvalue weighted by atomic mass is 10.0. The first-order valence-electron chi connectivity index (χ1n) is 7.03. The summed E-state index contributed by atoms with van der Waals surface area (Å²) in [6.07, 6.45) is 0. The third-order valence-corrected chi connectivity index (χ3v) is 3.73. The summed E-state index contributed by atoms with van der Waals surface area (Å²) in [5.74, 6) is -0.724. The van der Waals surface area contributed by atoms with Crippen molar-refractivity contribution < 1.29 is 9.59 Å². The molecule has 0 saturated heterocycles. The summed E-state index contributed by atoms with van der Waals surface area (Å²) in [7, 11) is 1.79. The number of nitrogens with zero attached hydrogens (tertiary/aromatic N) is 1. The first-order valence-corrected chi connectivity index (χ1v) is 7.03. The Morgan fingerprint density at radius 1 is 0.864 bits per heavy atom. The van der Waals surface area contributed by atoms with Gasteiger partial charge in [0.15, 0.2) is 0 Å². The quantitative estimate of drug-likeness (QED) is 0.884. The van der Waals surface area contributed by atoms with Gasteiger partial charge in [0.05, 0.1) is 5.57 Å². The van der Waals surface area contributed by atoms with Gasteiger partial charge in [-0.1, -0.05) is 48.0 Å². The van der Waals surface area contributed by atoms with Crippen LogP contribution in [0.3, 0.4) is 0 Å². The van der Waals surface area contributed by atoms with Gasteiger partial charge in [0, 0.05) is 12.7 Å². The van der Waals surface area contributed by atoms with E-state index in [2.05, 4.69) is 5.32 Å². The molecule has 0 fully saturated rings. The maximum atomic E-state index is 12.2. The molecule has 0 radical (unpaired) electrons. The molecule has 1 aliphatic heterocycles. The highest BCUT2D eigenvalue weighted by atomic mass is 16.2. The van der Waals surface area contributed by atoms with Crippen molar-refractivity contribution >= 4 is 23.1 Å². The number of nitrogens with one attached hydrogen (secondary N) is 1. The Morgan fingerprint density at radius 2 is 1.50 bits per heavy atom. The van der Waals surface area contributed by atoms with Crippen LogP contribution in [0, 0.1) is 6.92 Å². The first kappa shape index (κ1) is 14.1. The zero-order valence-electron chi connectivity index (χ0n) is 12.5. The molecule has 0 aliphatic carbocycles. The zero-order valence-corrected chi connectivity index (χ0v) is 12.5. The van der Waals surface area contributed by atoms with E-state index in [1.54, 1.807) is 11.9 Å². The minimum absolute atomic E-state index is 0.355. The van der Waals surface area contributed by atoms with Gasteiger partial charge < -0.3 is 4.90 Å². The van der Waals surface area contributed by atoms with Crippen LogP contribution in [0.15, 0.2) is 60.3 Å². The number of para-hydroxylation sites is 1. The second kappa shape index (κ2) is 5.48. The molecule has 2 aromatic rings. The minimum Gasteiger partial charge on any atom is -0.339 e. The topological polar surface area (TPSA) is 49.4 Å². The van der Waals surface area contributed by atoms with E-state index < -0.39 is 0 Å². The Balaban J connectivity index is 2.13. The highest BCUT2D eigenvalue weighted by molar-refractivity contribution is 6.36. The van der Waals surface area contributed by atoms with E-state index in [0.717, 1.165) is 16.8 Å². The fraction of sp³-hybridized carbons (Fsp3) is 0.111. The number of hydrogen-bond donors (Lipinski definition) is 1. The molecule has 4 heteroatoms. The number of likely N-dealkylation sites (N-methyl/N-ethyl adjacent to an activating group) is 1. The zero-order chi connectivity index (χ0) is 15.7. The van der Waals surface area contributed by atoms with E-state index in [9.17, 15) is 9.59 Å². The lowest BCUT2D eigenvalue weighted by molar-refractivity contribution is -0.123. The summed E-state index contributed by atoms with van der Waals surface area (Å²) in [5.41, 5.74) is 3.49. The van der Waals surface area contributed by atoms with Crippen LogP contribution in [0.5, 0.6) is 0 Å². The summed E-state index contributed by atoms with van der Waals surface area (Å²) in [6, 6.07) is 17.1. The molecule has 0 bridgehead atoms. The molecule has 0 aromatic heterocycles. The van der Waals surface area contributed by atoms with E-state index in [-0.39, 0.29) is 11.8 Å². The number of carbonyl (C=O) groups is 2. The van der Waals surface area contributed by atoms with Gasteiger partial charge in [-0.3, -0.25) is 14.9 Å². The minimum atomic E-state index is -0.369. The van der Waals surface area contributed by atoms with Crippen LogP contribution in [-0.2, 0) is 9.59 Å². The third kappa shape index (κ3) is 2.39. The molecule has 0 unspecified atom stereocenters. The largest absolute Gasteiger partial charge is 0.339 e. The number of aryl methyl sites for hydroxylation is 1. The van der Waals surface area contributed by atoms with Crippen LogP contribution >= 0.6 is 0 Å². The Kier molecular flexibility index (Phi) is 3.51. The maximum absolute atomic E-state index is 12.2. The molecule has 22 heavy (non-hydrogen) atoms. The molecule has 110 valence electrons. The van der Waals surface area contributed by atoms with E-state index in [1.165, 1.54) is 0 Å². The Morgan fingerprint density at radius 3 is 2.14 bits per heavy atom. The summed E-state index contributed by atoms with van der Waals surface area (Å²) < 4.78 is 0. The van der Waals surface area contributed by atoms with Gasteiger partial charge in [0.25, 0.3) is 11.8 Å². The lowest BCUT2D eigenvalue weighted by Crippen LogP contribution is -2.28. The molecular weight excluding hydrogens is 276 g/mol. The van der Waals surface area contributed by atoms with Crippen LogP contribution in [0.2, 0.25) is 0 Å². The summed E-state index contributed by atoms with van der Waals surface area (Å²) in [4.78, 5) is 26.2. The van der Waals surface area contributed by atoms with Crippen LogP contribution in [0.1, 0.15) is 11.1 Å². The third-order valence-electron chi connectivity index (χ3n) is 3.73. The highest BCUT2D eigenvalue weighted by Gasteiger charge is 2.33. The first-order chi connectivity index (χ1) is 10.6. The summed E-state index contributed by atoms with van der Waals surface area (Å²) in [6.45, 7) is 1.98. The van der Waals surface area contributed by atoms with Crippen molar-refractivity contribution in [2.75, 3.05) is 11.9 Å². The number of carbonyl (C=O) groups excluding carboxylic acids is 2. The smallest absolute Gasteiger partial charge is 0.275 e. The van der Waals surface area contributed by atoms with Crippen molar-refractivity contribution in [3.63, 3.8) is 0 Å². The van der Waals surface area contributed by atoms with Crippen molar-refractivity contribution in [1.82, 2.24) is 5.32 Å². The average Bonchev–Trinajstić information content (AvgIpc) is 2.82. The van der Waals surface area contributed by atoms with Gasteiger partial charge in [-0.2, -0.15) is 0 Å². The molecule has 0 spiro atoms. The molecule has 0 saturated carbocycles. The molecule has 1 aliphatic rings. The molecular formula is C18H16N2O2. The Hall–Kier alpha value is -2.88. The standard InChI is InChI=1S/C18H16N2O2/c1-12-8-10-13(11-9-12)15-16(18(22)19-17(15)21)20(2)14-6-4-3-5-7-14/h3-11H,1-2H3,(H,19,21,22). The van der Waals surface area contributed by atoms with Crippen LogP contribution < -0.4 is 10.2 Å². The van der Waals surface area contributed by atoms with E-state index in [1.807, 2.05) is 61.5 Å². The van der Waals surface area contributed by atoms with Gasteiger partial charge in [0.2, 0.25) is 0 Å². The number of rotatable bonds is 3. The fourth-order valence-electron chi connectivity index (χ4n) is 2.53. The lowest BCUT2D eigenvalue weighted by Gasteiger charge is -2.20. The van der Waals surface area contributed by atoms with E-state index >= 15 is 0 Å². The molecule has 1 heterocycles. The average molecular weight is 292 g/mol. The summed E-state index contributed by atoms with van der Waals surface area (Å²) >= 11 is 0. The number of anilines is 1. The second-order valence-electron chi connectivity index (χ2n) is 5.27. The Labute approximate surface area is 129 Å². The van der Waals surface area contributed by atoms with Crippen molar-refractivity contribution in [3.8, 4) is 0 Å². The second-order valence-corrected chi connectivity index (χ2v) is 5.27. The van der Waals surface area contributed by atoms with Crippen LogP contribution in [-0.4, -0.2) is 18.9 Å². The SMILES string of the molecule is Cc1ccc(C2=C(N(C)c3ccccc3)C(=O)NC2=O)cc1. The predicted octanol–water partition coefficient (Wildman–Crippen LogP) is 2.50.